The molecule has 0 fully saturated rings. The van der Waals surface area contributed by atoms with Gasteiger partial charge in [-0.3, -0.25) is 0 Å². The molecule has 1 N–H and O–H groups in total. The Kier molecular flexibility index (Phi) is 1.86. The Morgan fingerprint density at radius 2 is 1.94 bits per heavy atom. The fraction of sp³-hybridized carbons (Fsp3) is 0. The standard InChI is InChI=1S/C12H9N3O/c16-11-4-2-1-3-9(11)10-5-6-12-13-7-8-15(12)14-10/h1-8,16H. The first-order valence-corrected chi connectivity index (χ1v) is 4.93. The quantitative estimate of drug-likeness (QED) is 0.670. The van der Waals surface area contributed by atoms with Gasteiger partial charge in [0.1, 0.15) is 5.75 Å². The van der Waals surface area contributed by atoms with E-state index >= 15 is 0 Å². The van der Waals surface area contributed by atoms with E-state index < -0.39 is 0 Å². The monoisotopic (exact) mass is 211 g/mol. The van der Waals surface area contributed by atoms with Gasteiger partial charge in [-0.2, -0.15) is 5.10 Å². The van der Waals surface area contributed by atoms with Crippen LogP contribution in [0.2, 0.25) is 0 Å². The lowest BCUT2D eigenvalue weighted by Gasteiger charge is -2.03. The molecule has 4 nitrogen and oxygen atoms in total. The highest BCUT2D eigenvalue weighted by Gasteiger charge is 2.05. The maximum Gasteiger partial charge on any atom is 0.153 e. The number of fused-ring (bicyclic) bond motifs is 1. The van der Waals surface area contributed by atoms with Crippen molar-refractivity contribution in [2.24, 2.45) is 0 Å². The van der Waals surface area contributed by atoms with Crippen molar-refractivity contribution in [1.82, 2.24) is 14.6 Å². The molecule has 0 amide bonds. The van der Waals surface area contributed by atoms with Gasteiger partial charge in [0.25, 0.3) is 0 Å². The van der Waals surface area contributed by atoms with Crippen LogP contribution in [-0.2, 0) is 0 Å². The van der Waals surface area contributed by atoms with Crippen LogP contribution in [0.1, 0.15) is 0 Å². The molecule has 2 aromatic heterocycles. The van der Waals surface area contributed by atoms with Crippen molar-refractivity contribution < 1.29 is 5.11 Å². The smallest absolute Gasteiger partial charge is 0.153 e. The third-order valence-corrected chi connectivity index (χ3v) is 2.44. The predicted octanol–water partition coefficient (Wildman–Crippen LogP) is 2.10. The van der Waals surface area contributed by atoms with Crippen LogP contribution in [0.25, 0.3) is 16.9 Å². The van der Waals surface area contributed by atoms with Gasteiger partial charge in [0.15, 0.2) is 5.65 Å². The first-order valence-electron chi connectivity index (χ1n) is 4.93. The molecule has 0 aliphatic carbocycles. The van der Waals surface area contributed by atoms with Gasteiger partial charge < -0.3 is 5.11 Å². The molecule has 0 atom stereocenters. The molecule has 0 bridgehead atoms. The van der Waals surface area contributed by atoms with Crippen LogP contribution in [0.4, 0.5) is 0 Å². The lowest BCUT2D eigenvalue weighted by Crippen LogP contribution is -1.93. The number of aromatic nitrogens is 3. The van der Waals surface area contributed by atoms with Crippen LogP contribution in [0, 0.1) is 0 Å². The second-order valence-electron chi connectivity index (χ2n) is 3.47. The zero-order valence-electron chi connectivity index (χ0n) is 8.41. The summed E-state index contributed by atoms with van der Waals surface area (Å²) < 4.78 is 1.68. The summed E-state index contributed by atoms with van der Waals surface area (Å²) in [5.74, 6) is 0.231. The van der Waals surface area contributed by atoms with E-state index in [4.69, 9.17) is 0 Å². The Balaban J connectivity index is 2.22. The number of phenolic OH excluding ortho intramolecular Hbond substituents is 1. The Morgan fingerprint density at radius 1 is 1.06 bits per heavy atom. The minimum Gasteiger partial charge on any atom is -0.507 e. The average molecular weight is 211 g/mol. The summed E-state index contributed by atoms with van der Waals surface area (Å²) >= 11 is 0. The largest absolute Gasteiger partial charge is 0.507 e. The van der Waals surface area contributed by atoms with E-state index in [1.165, 1.54) is 0 Å². The van der Waals surface area contributed by atoms with Gasteiger partial charge in [-0.15, -0.1) is 0 Å². The summed E-state index contributed by atoms with van der Waals surface area (Å²) in [6, 6.07) is 10.9. The molecule has 0 aliphatic heterocycles. The van der Waals surface area contributed by atoms with Crippen molar-refractivity contribution in [3.63, 3.8) is 0 Å². The first kappa shape index (κ1) is 8.91. The molecule has 4 heteroatoms. The lowest BCUT2D eigenvalue weighted by molar-refractivity contribution is 0.477. The van der Waals surface area contributed by atoms with Crippen LogP contribution in [-0.4, -0.2) is 19.7 Å². The Labute approximate surface area is 91.8 Å². The van der Waals surface area contributed by atoms with Crippen molar-refractivity contribution in [2.75, 3.05) is 0 Å². The van der Waals surface area contributed by atoms with Crippen molar-refractivity contribution in [3.05, 3.63) is 48.8 Å². The molecule has 78 valence electrons. The van der Waals surface area contributed by atoms with Crippen LogP contribution in [0.15, 0.2) is 48.8 Å². The first-order chi connectivity index (χ1) is 7.84. The summed E-state index contributed by atoms with van der Waals surface area (Å²) in [5.41, 5.74) is 2.24. The SMILES string of the molecule is Oc1ccccc1-c1ccc2nccn2n1. The fourth-order valence-electron chi connectivity index (χ4n) is 1.65. The second-order valence-corrected chi connectivity index (χ2v) is 3.47. The van der Waals surface area contributed by atoms with Crippen LogP contribution in [0.3, 0.4) is 0 Å². The fourth-order valence-corrected chi connectivity index (χ4v) is 1.65. The van der Waals surface area contributed by atoms with Crippen molar-refractivity contribution in [1.29, 1.82) is 0 Å². The third-order valence-electron chi connectivity index (χ3n) is 2.44. The van der Waals surface area contributed by atoms with E-state index in [2.05, 4.69) is 10.1 Å². The average Bonchev–Trinajstić information content (AvgIpc) is 2.76. The highest BCUT2D eigenvalue weighted by Crippen LogP contribution is 2.26. The molecule has 3 aromatic rings. The summed E-state index contributed by atoms with van der Waals surface area (Å²) in [6.07, 6.45) is 3.47. The van der Waals surface area contributed by atoms with Gasteiger partial charge in [0.05, 0.1) is 5.69 Å². The lowest BCUT2D eigenvalue weighted by atomic mass is 10.1. The summed E-state index contributed by atoms with van der Waals surface area (Å²) in [6.45, 7) is 0. The number of nitrogens with zero attached hydrogens (tertiary/aromatic N) is 3. The van der Waals surface area contributed by atoms with Crippen LogP contribution < -0.4 is 0 Å². The molecule has 0 unspecified atom stereocenters. The molecular weight excluding hydrogens is 202 g/mol. The molecule has 0 spiro atoms. The maximum absolute atomic E-state index is 9.72. The van der Waals surface area contributed by atoms with Crippen molar-refractivity contribution in [2.45, 2.75) is 0 Å². The summed E-state index contributed by atoms with van der Waals surface area (Å²) in [5, 5.41) is 14.1. The van der Waals surface area contributed by atoms with Gasteiger partial charge in [0, 0.05) is 18.0 Å². The Hall–Kier alpha value is -2.36. The van der Waals surface area contributed by atoms with Gasteiger partial charge >= 0.3 is 0 Å². The number of hydrogen-bond donors (Lipinski definition) is 1. The molecule has 1 aromatic carbocycles. The topological polar surface area (TPSA) is 50.4 Å². The maximum atomic E-state index is 9.72. The predicted molar refractivity (Wildman–Crippen MR) is 60.1 cm³/mol. The Bertz CT molecular complexity index is 645. The Morgan fingerprint density at radius 3 is 2.81 bits per heavy atom. The minimum atomic E-state index is 0.231. The highest BCUT2D eigenvalue weighted by molar-refractivity contribution is 5.66. The van der Waals surface area contributed by atoms with Gasteiger partial charge in [0.2, 0.25) is 0 Å². The molecule has 0 aliphatic rings. The van der Waals surface area contributed by atoms with E-state index in [1.54, 1.807) is 29.0 Å². The number of aromatic hydroxyl groups is 1. The summed E-state index contributed by atoms with van der Waals surface area (Å²) in [7, 11) is 0. The molecule has 0 saturated carbocycles. The van der Waals surface area contributed by atoms with E-state index in [0.717, 1.165) is 16.9 Å². The van der Waals surface area contributed by atoms with Gasteiger partial charge in [-0.25, -0.2) is 9.50 Å². The number of imidazole rings is 1. The van der Waals surface area contributed by atoms with Crippen molar-refractivity contribution in [3.8, 4) is 17.0 Å². The van der Waals surface area contributed by atoms with Crippen molar-refractivity contribution >= 4 is 5.65 Å². The highest BCUT2D eigenvalue weighted by atomic mass is 16.3. The second kappa shape index (κ2) is 3.34. The number of benzene rings is 1. The number of phenols is 1. The molecule has 0 radical (unpaired) electrons. The van der Waals surface area contributed by atoms with Gasteiger partial charge in [-0.1, -0.05) is 12.1 Å². The van der Waals surface area contributed by atoms with E-state index in [0.29, 0.717) is 0 Å². The zero-order chi connectivity index (χ0) is 11.0. The molecule has 3 rings (SSSR count). The number of rotatable bonds is 1. The van der Waals surface area contributed by atoms with Crippen LogP contribution in [0.5, 0.6) is 5.75 Å². The number of hydrogen-bond acceptors (Lipinski definition) is 3. The van der Waals surface area contributed by atoms with Gasteiger partial charge in [-0.05, 0) is 24.3 Å². The molecular formula is C12H9N3O. The van der Waals surface area contributed by atoms with E-state index in [-0.39, 0.29) is 5.75 Å². The van der Waals surface area contributed by atoms with E-state index in [9.17, 15) is 5.11 Å². The summed E-state index contributed by atoms with van der Waals surface area (Å²) in [4.78, 5) is 4.11. The molecule has 0 saturated heterocycles. The molecule has 16 heavy (non-hydrogen) atoms. The van der Waals surface area contributed by atoms with E-state index in [1.807, 2.05) is 24.3 Å². The van der Waals surface area contributed by atoms with Crippen LogP contribution >= 0.6 is 0 Å². The minimum absolute atomic E-state index is 0.231. The number of para-hydroxylation sites is 1. The third kappa shape index (κ3) is 1.32. The molecule has 2 heterocycles. The zero-order valence-corrected chi connectivity index (χ0v) is 8.41. The normalized spacial score (nSPS) is 10.8.